The van der Waals surface area contributed by atoms with E-state index < -0.39 is 0 Å². The van der Waals surface area contributed by atoms with Gasteiger partial charge in [0.2, 0.25) is 0 Å². The summed E-state index contributed by atoms with van der Waals surface area (Å²) in [5.74, 6) is -0.260. The summed E-state index contributed by atoms with van der Waals surface area (Å²) in [5.41, 5.74) is 4.12. The van der Waals surface area contributed by atoms with Crippen LogP contribution >= 0.6 is 0 Å². The molecule has 1 amide bonds. The average molecular weight is 412 g/mol. The summed E-state index contributed by atoms with van der Waals surface area (Å²) in [6.07, 6.45) is 0. The van der Waals surface area contributed by atoms with Crippen LogP contribution in [0.2, 0.25) is 0 Å². The number of aryl methyl sites for hydroxylation is 1. The van der Waals surface area contributed by atoms with Crippen molar-refractivity contribution >= 4 is 16.8 Å². The van der Waals surface area contributed by atoms with Crippen LogP contribution in [0.5, 0.6) is 0 Å². The fraction of sp³-hybridized carbons (Fsp3) is 0.154. The molecule has 5 nitrogen and oxygen atoms in total. The number of benzene rings is 3. The molecule has 0 aliphatic rings. The first-order valence-corrected chi connectivity index (χ1v) is 10.2. The number of aromatic nitrogens is 1. The van der Waals surface area contributed by atoms with Gasteiger partial charge in [0.05, 0.1) is 24.3 Å². The van der Waals surface area contributed by atoms with Crippen LogP contribution in [0.4, 0.5) is 0 Å². The van der Waals surface area contributed by atoms with Gasteiger partial charge in [0.15, 0.2) is 0 Å². The predicted octanol–water partition coefficient (Wildman–Crippen LogP) is 4.19. The second-order valence-electron chi connectivity index (χ2n) is 7.45. The standard InChI is InChI=1S/C26H24N2O3/c1-28-24-10-6-5-9-22(24)23(15-25(28)29)26(30)27-16-19-11-13-21(14-12-19)18-31-17-20-7-3-2-4-8-20/h2-15H,16-18H2,1H3,(H,27,30). The summed E-state index contributed by atoms with van der Waals surface area (Å²) in [5, 5.41) is 3.68. The molecule has 1 N–H and O–H groups in total. The Hall–Kier alpha value is -3.70. The molecule has 0 fully saturated rings. The van der Waals surface area contributed by atoms with E-state index in [9.17, 15) is 9.59 Å². The second kappa shape index (κ2) is 9.41. The van der Waals surface area contributed by atoms with Crippen LogP contribution in [-0.4, -0.2) is 10.5 Å². The number of amides is 1. The Morgan fingerprint density at radius 3 is 2.19 bits per heavy atom. The molecule has 0 radical (unpaired) electrons. The van der Waals surface area contributed by atoms with Gasteiger partial charge in [-0.25, -0.2) is 0 Å². The molecule has 0 saturated heterocycles. The minimum absolute atomic E-state index is 0.205. The number of carbonyl (C=O) groups is 1. The highest BCUT2D eigenvalue weighted by molar-refractivity contribution is 6.06. The minimum atomic E-state index is -0.260. The topological polar surface area (TPSA) is 60.3 Å². The van der Waals surface area contributed by atoms with Crippen molar-refractivity contribution in [1.82, 2.24) is 9.88 Å². The van der Waals surface area contributed by atoms with Crippen LogP contribution < -0.4 is 10.9 Å². The van der Waals surface area contributed by atoms with E-state index in [1.54, 1.807) is 11.6 Å². The highest BCUT2D eigenvalue weighted by Gasteiger charge is 2.13. The van der Waals surface area contributed by atoms with Crippen LogP contribution in [0, 0.1) is 0 Å². The zero-order chi connectivity index (χ0) is 21.6. The highest BCUT2D eigenvalue weighted by atomic mass is 16.5. The van der Waals surface area contributed by atoms with Gasteiger partial charge in [-0.15, -0.1) is 0 Å². The Morgan fingerprint density at radius 2 is 1.45 bits per heavy atom. The number of nitrogens with zero attached hydrogens (tertiary/aromatic N) is 1. The van der Waals surface area contributed by atoms with Crippen LogP contribution in [-0.2, 0) is 31.5 Å². The SMILES string of the molecule is Cn1c(=O)cc(C(=O)NCc2ccc(COCc3ccccc3)cc2)c2ccccc21. The molecular weight excluding hydrogens is 388 g/mol. The van der Waals surface area contributed by atoms with Crippen molar-refractivity contribution in [3.05, 3.63) is 118 Å². The van der Waals surface area contributed by atoms with Gasteiger partial charge in [-0.1, -0.05) is 72.8 Å². The average Bonchev–Trinajstić information content (AvgIpc) is 2.81. The lowest BCUT2D eigenvalue weighted by atomic mass is 10.1. The van der Waals surface area contributed by atoms with Gasteiger partial charge in [-0.2, -0.15) is 0 Å². The quantitative estimate of drug-likeness (QED) is 0.495. The van der Waals surface area contributed by atoms with E-state index in [1.165, 1.54) is 6.07 Å². The third-order valence-electron chi connectivity index (χ3n) is 5.25. The van der Waals surface area contributed by atoms with E-state index in [2.05, 4.69) is 5.32 Å². The Bertz CT molecular complexity index is 1250. The molecule has 4 aromatic rings. The van der Waals surface area contributed by atoms with E-state index in [4.69, 9.17) is 4.74 Å². The summed E-state index contributed by atoms with van der Waals surface area (Å²) in [7, 11) is 1.71. The van der Waals surface area contributed by atoms with Crippen molar-refractivity contribution in [3.63, 3.8) is 0 Å². The van der Waals surface area contributed by atoms with Crippen molar-refractivity contribution in [1.29, 1.82) is 0 Å². The molecule has 0 unspecified atom stereocenters. The zero-order valence-corrected chi connectivity index (χ0v) is 17.4. The molecule has 0 atom stereocenters. The van der Waals surface area contributed by atoms with E-state index in [0.29, 0.717) is 25.3 Å². The van der Waals surface area contributed by atoms with Crippen molar-refractivity contribution in [3.8, 4) is 0 Å². The van der Waals surface area contributed by atoms with E-state index in [1.807, 2.05) is 78.9 Å². The number of fused-ring (bicyclic) bond motifs is 1. The van der Waals surface area contributed by atoms with E-state index in [-0.39, 0.29) is 11.5 Å². The summed E-state index contributed by atoms with van der Waals surface area (Å²) in [4.78, 5) is 25.0. The normalized spacial score (nSPS) is 10.9. The number of ether oxygens (including phenoxy) is 1. The molecule has 0 bridgehead atoms. The van der Waals surface area contributed by atoms with Crippen molar-refractivity contribution in [2.75, 3.05) is 0 Å². The van der Waals surface area contributed by atoms with Gasteiger partial charge in [-0.3, -0.25) is 9.59 Å². The highest BCUT2D eigenvalue weighted by Crippen LogP contribution is 2.16. The summed E-state index contributed by atoms with van der Waals surface area (Å²) >= 11 is 0. The van der Waals surface area contributed by atoms with Gasteiger partial charge in [0, 0.05) is 25.0 Å². The van der Waals surface area contributed by atoms with Crippen LogP contribution in [0.15, 0.2) is 89.7 Å². The number of carbonyl (C=O) groups excluding carboxylic acids is 1. The summed E-state index contributed by atoms with van der Waals surface area (Å²) in [6, 6.07) is 26.8. The lowest BCUT2D eigenvalue weighted by Gasteiger charge is -2.11. The molecule has 4 rings (SSSR count). The molecule has 1 aromatic heterocycles. The first-order chi connectivity index (χ1) is 15.1. The zero-order valence-electron chi connectivity index (χ0n) is 17.4. The Morgan fingerprint density at radius 1 is 0.839 bits per heavy atom. The summed E-state index contributed by atoms with van der Waals surface area (Å²) in [6.45, 7) is 1.48. The smallest absolute Gasteiger partial charge is 0.252 e. The van der Waals surface area contributed by atoms with Gasteiger partial charge >= 0.3 is 0 Å². The third-order valence-corrected chi connectivity index (χ3v) is 5.25. The molecule has 5 heteroatoms. The van der Waals surface area contributed by atoms with Crippen LogP contribution in [0.25, 0.3) is 10.9 Å². The number of para-hydroxylation sites is 1. The van der Waals surface area contributed by atoms with Gasteiger partial charge in [-0.05, 0) is 22.8 Å². The fourth-order valence-electron chi connectivity index (χ4n) is 3.49. The fourth-order valence-corrected chi connectivity index (χ4v) is 3.49. The molecule has 0 spiro atoms. The Labute approximate surface area is 180 Å². The number of hydrogen-bond donors (Lipinski definition) is 1. The maximum absolute atomic E-state index is 12.8. The first kappa shape index (κ1) is 20.6. The lowest BCUT2D eigenvalue weighted by molar-refractivity contribution is 0.0952. The number of rotatable bonds is 7. The molecule has 0 aliphatic heterocycles. The third kappa shape index (κ3) is 4.90. The van der Waals surface area contributed by atoms with E-state index >= 15 is 0 Å². The second-order valence-corrected chi connectivity index (χ2v) is 7.45. The van der Waals surface area contributed by atoms with Crippen molar-refractivity contribution in [2.24, 2.45) is 7.05 Å². The monoisotopic (exact) mass is 412 g/mol. The molecule has 3 aromatic carbocycles. The van der Waals surface area contributed by atoms with Gasteiger partial charge in [0.25, 0.3) is 11.5 Å². The maximum Gasteiger partial charge on any atom is 0.252 e. The minimum Gasteiger partial charge on any atom is -0.372 e. The Kier molecular flexibility index (Phi) is 6.24. The largest absolute Gasteiger partial charge is 0.372 e. The number of nitrogens with one attached hydrogen (secondary N) is 1. The Balaban J connectivity index is 1.36. The summed E-state index contributed by atoms with van der Waals surface area (Å²) < 4.78 is 7.31. The lowest BCUT2D eigenvalue weighted by Crippen LogP contribution is -2.26. The molecule has 156 valence electrons. The van der Waals surface area contributed by atoms with Crippen molar-refractivity contribution < 1.29 is 9.53 Å². The van der Waals surface area contributed by atoms with Gasteiger partial charge < -0.3 is 14.6 Å². The molecule has 0 aliphatic carbocycles. The van der Waals surface area contributed by atoms with Crippen LogP contribution in [0.1, 0.15) is 27.0 Å². The first-order valence-electron chi connectivity index (χ1n) is 10.2. The maximum atomic E-state index is 12.8. The molecule has 0 saturated carbocycles. The molecule has 1 heterocycles. The van der Waals surface area contributed by atoms with Crippen LogP contribution in [0.3, 0.4) is 0 Å². The number of hydrogen-bond acceptors (Lipinski definition) is 3. The van der Waals surface area contributed by atoms with E-state index in [0.717, 1.165) is 27.6 Å². The predicted molar refractivity (Wildman–Crippen MR) is 122 cm³/mol. The number of pyridine rings is 1. The molecular formula is C26H24N2O3. The van der Waals surface area contributed by atoms with Crippen molar-refractivity contribution in [2.45, 2.75) is 19.8 Å². The van der Waals surface area contributed by atoms with Gasteiger partial charge in [0.1, 0.15) is 0 Å². The molecule has 31 heavy (non-hydrogen) atoms.